The van der Waals surface area contributed by atoms with Gasteiger partial charge in [0.15, 0.2) is 6.29 Å². The fourth-order valence-electron chi connectivity index (χ4n) is 2.30. The summed E-state index contributed by atoms with van der Waals surface area (Å²) in [6.45, 7) is 3.59. The number of hydrogen-bond donors (Lipinski definition) is 1. The standard InChI is InChI=1S/C16H29NO3/c1-2-3-4-5-10-15(17-18)11-6-8-13-19-16-12-7-9-14-20-16/h2-3,16,18H,4-14H2,1H3/b3-2-,17-15-. The van der Waals surface area contributed by atoms with Crippen molar-refractivity contribution in [3.05, 3.63) is 12.2 Å². The van der Waals surface area contributed by atoms with Crippen LogP contribution in [0.4, 0.5) is 0 Å². The molecule has 0 aromatic heterocycles. The Morgan fingerprint density at radius 2 is 2.15 bits per heavy atom. The summed E-state index contributed by atoms with van der Waals surface area (Å²) in [4.78, 5) is 0. The number of oxime groups is 1. The van der Waals surface area contributed by atoms with Crippen LogP contribution >= 0.6 is 0 Å². The average Bonchev–Trinajstić information content (AvgIpc) is 2.50. The van der Waals surface area contributed by atoms with Gasteiger partial charge in [-0.1, -0.05) is 17.3 Å². The van der Waals surface area contributed by atoms with E-state index < -0.39 is 0 Å². The molecule has 4 heteroatoms. The lowest BCUT2D eigenvalue weighted by Crippen LogP contribution is -2.22. The minimum absolute atomic E-state index is 0.00978. The quantitative estimate of drug-likeness (QED) is 0.214. The first-order valence-corrected chi connectivity index (χ1v) is 7.91. The molecule has 1 atom stereocenters. The van der Waals surface area contributed by atoms with E-state index in [0.717, 1.165) is 70.3 Å². The van der Waals surface area contributed by atoms with Gasteiger partial charge in [0.25, 0.3) is 0 Å². The molecule has 1 fully saturated rings. The van der Waals surface area contributed by atoms with E-state index in [4.69, 9.17) is 14.7 Å². The average molecular weight is 283 g/mol. The van der Waals surface area contributed by atoms with Crippen molar-refractivity contribution in [1.82, 2.24) is 0 Å². The highest BCUT2D eigenvalue weighted by atomic mass is 16.7. The van der Waals surface area contributed by atoms with Gasteiger partial charge in [-0.25, -0.2) is 0 Å². The lowest BCUT2D eigenvalue weighted by atomic mass is 10.1. The van der Waals surface area contributed by atoms with E-state index in [1.807, 2.05) is 6.92 Å². The normalized spacial score (nSPS) is 20.6. The molecule has 0 aliphatic carbocycles. The number of hydrogen-bond acceptors (Lipinski definition) is 4. The third-order valence-corrected chi connectivity index (χ3v) is 3.51. The molecule has 0 aromatic carbocycles. The molecule has 0 aromatic rings. The molecular formula is C16H29NO3. The zero-order valence-electron chi connectivity index (χ0n) is 12.7. The lowest BCUT2D eigenvalue weighted by molar-refractivity contribution is -0.162. The highest BCUT2D eigenvalue weighted by Gasteiger charge is 2.13. The zero-order chi connectivity index (χ0) is 14.5. The van der Waals surface area contributed by atoms with Crippen LogP contribution in [-0.2, 0) is 9.47 Å². The van der Waals surface area contributed by atoms with Crippen LogP contribution in [0.2, 0.25) is 0 Å². The molecular weight excluding hydrogens is 254 g/mol. The van der Waals surface area contributed by atoms with Gasteiger partial charge in [0, 0.05) is 13.2 Å². The van der Waals surface area contributed by atoms with Crippen molar-refractivity contribution in [2.24, 2.45) is 5.16 Å². The Hall–Kier alpha value is -0.870. The van der Waals surface area contributed by atoms with Gasteiger partial charge in [0.2, 0.25) is 0 Å². The van der Waals surface area contributed by atoms with Crippen molar-refractivity contribution in [3.8, 4) is 0 Å². The molecule has 1 rings (SSSR count). The SMILES string of the molecule is C/C=C\CCC/C(CCCCOC1CCCCO1)=N/O. The maximum absolute atomic E-state index is 8.96. The Kier molecular flexibility index (Phi) is 10.2. The van der Waals surface area contributed by atoms with Crippen LogP contribution in [-0.4, -0.2) is 30.4 Å². The van der Waals surface area contributed by atoms with Crippen LogP contribution in [0.3, 0.4) is 0 Å². The number of allylic oxidation sites excluding steroid dienone is 2. The Balaban J connectivity index is 1.97. The van der Waals surface area contributed by atoms with Crippen molar-refractivity contribution < 1.29 is 14.7 Å². The summed E-state index contributed by atoms with van der Waals surface area (Å²) in [6.07, 6.45) is 13.4. The van der Waals surface area contributed by atoms with Crippen LogP contribution < -0.4 is 0 Å². The van der Waals surface area contributed by atoms with E-state index in [0.29, 0.717) is 0 Å². The van der Waals surface area contributed by atoms with E-state index in [1.165, 1.54) is 6.42 Å². The van der Waals surface area contributed by atoms with E-state index in [-0.39, 0.29) is 6.29 Å². The summed E-state index contributed by atoms with van der Waals surface area (Å²) in [7, 11) is 0. The van der Waals surface area contributed by atoms with Gasteiger partial charge in [0.1, 0.15) is 0 Å². The monoisotopic (exact) mass is 283 g/mol. The van der Waals surface area contributed by atoms with Crippen molar-refractivity contribution >= 4 is 5.71 Å². The molecule has 0 spiro atoms. The van der Waals surface area contributed by atoms with Crippen molar-refractivity contribution in [1.29, 1.82) is 0 Å². The Bertz CT molecular complexity index is 283. The third-order valence-electron chi connectivity index (χ3n) is 3.51. The summed E-state index contributed by atoms with van der Waals surface area (Å²) in [5, 5.41) is 12.4. The predicted octanol–water partition coefficient (Wildman–Crippen LogP) is 4.28. The second-order valence-corrected chi connectivity index (χ2v) is 5.25. The minimum Gasteiger partial charge on any atom is -0.411 e. The molecule has 1 aliphatic heterocycles. The summed E-state index contributed by atoms with van der Waals surface area (Å²) in [6, 6.07) is 0. The first-order chi connectivity index (χ1) is 9.86. The maximum atomic E-state index is 8.96. The van der Waals surface area contributed by atoms with Crippen molar-refractivity contribution in [3.63, 3.8) is 0 Å². The van der Waals surface area contributed by atoms with Gasteiger partial charge in [-0.05, 0) is 64.7 Å². The smallest absolute Gasteiger partial charge is 0.157 e. The molecule has 0 saturated carbocycles. The van der Waals surface area contributed by atoms with Crippen LogP contribution in [0.5, 0.6) is 0 Å². The molecule has 20 heavy (non-hydrogen) atoms. The van der Waals surface area contributed by atoms with E-state index >= 15 is 0 Å². The van der Waals surface area contributed by atoms with Crippen molar-refractivity contribution in [2.45, 2.75) is 71.0 Å². The highest BCUT2D eigenvalue weighted by Crippen LogP contribution is 2.14. The largest absolute Gasteiger partial charge is 0.411 e. The molecule has 0 radical (unpaired) electrons. The number of ether oxygens (including phenoxy) is 2. The highest BCUT2D eigenvalue weighted by molar-refractivity contribution is 5.83. The van der Waals surface area contributed by atoms with Crippen LogP contribution in [0.15, 0.2) is 17.3 Å². The van der Waals surface area contributed by atoms with Gasteiger partial charge in [-0.3, -0.25) is 0 Å². The van der Waals surface area contributed by atoms with E-state index in [1.54, 1.807) is 0 Å². The first kappa shape index (κ1) is 17.2. The molecule has 0 bridgehead atoms. The van der Waals surface area contributed by atoms with Gasteiger partial charge in [0.05, 0.1) is 5.71 Å². The summed E-state index contributed by atoms with van der Waals surface area (Å²) >= 11 is 0. The van der Waals surface area contributed by atoms with Gasteiger partial charge in [-0.15, -0.1) is 0 Å². The third kappa shape index (κ3) is 8.33. The number of unbranched alkanes of at least 4 members (excludes halogenated alkanes) is 2. The molecule has 1 unspecified atom stereocenters. The molecule has 116 valence electrons. The van der Waals surface area contributed by atoms with Gasteiger partial charge < -0.3 is 14.7 Å². The summed E-state index contributed by atoms with van der Waals surface area (Å²) in [5.41, 5.74) is 0.906. The molecule has 1 aliphatic rings. The second kappa shape index (κ2) is 11.9. The summed E-state index contributed by atoms with van der Waals surface area (Å²) < 4.78 is 11.2. The summed E-state index contributed by atoms with van der Waals surface area (Å²) in [5.74, 6) is 0. The van der Waals surface area contributed by atoms with E-state index in [9.17, 15) is 0 Å². The molecule has 1 saturated heterocycles. The molecule has 4 nitrogen and oxygen atoms in total. The van der Waals surface area contributed by atoms with E-state index in [2.05, 4.69) is 17.3 Å². The molecule has 1 N–H and O–H groups in total. The van der Waals surface area contributed by atoms with Gasteiger partial charge >= 0.3 is 0 Å². The fraction of sp³-hybridized carbons (Fsp3) is 0.812. The lowest BCUT2D eigenvalue weighted by Gasteiger charge is -2.22. The van der Waals surface area contributed by atoms with Crippen LogP contribution in [0, 0.1) is 0 Å². The molecule has 0 amide bonds. The topological polar surface area (TPSA) is 51.0 Å². The van der Waals surface area contributed by atoms with Crippen LogP contribution in [0.25, 0.3) is 0 Å². The Morgan fingerprint density at radius 3 is 2.85 bits per heavy atom. The van der Waals surface area contributed by atoms with Crippen LogP contribution in [0.1, 0.15) is 64.7 Å². The first-order valence-electron chi connectivity index (χ1n) is 7.91. The van der Waals surface area contributed by atoms with Gasteiger partial charge in [-0.2, -0.15) is 0 Å². The second-order valence-electron chi connectivity index (χ2n) is 5.25. The Labute approximate surface area is 122 Å². The predicted molar refractivity (Wildman–Crippen MR) is 81.3 cm³/mol. The molecule has 1 heterocycles. The number of rotatable bonds is 10. The fourth-order valence-corrected chi connectivity index (χ4v) is 2.30. The number of nitrogens with zero attached hydrogens (tertiary/aromatic N) is 1. The maximum Gasteiger partial charge on any atom is 0.157 e. The van der Waals surface area contributed by atoms with Crippen molar-refractivity contribution in [2.75, 3.05) is 13.2 Å². The minimum atomic E-state index is 0.00978. The zero-order valence-corrected chi connectivity index (χ0v) is 12.7. The Morgan fingerprint density at radius 1 is 1.30 bits per heavy atom.